The Kier molecular flexibility index (Phi) is 7.37. The zero-order chi connectivity index (χ0) is 13.5. The minimum Gasteiger partial charge on any atom is -0.376 e. The van der Waals surface area contributed by atoms with Crippen molar-refractivity contribution in [1.82, 2.24) is 0 Å². The minimum atomic E-state index is -0.192. The Morgan fingerprint density at radius 2 is 1.65 bits per heavy atom. The molecule has 0 aliphatic carbocycles. The van der Waals surface area contributed by atoms with Gasteiger partial charge in [-0.05, 0) is 41.0 Å². The molecular weight excluding hydrogens is 236 g/mol. The fourth-order valence-electron chi connectivity index (χ4n) is 1.18. The number of carbonyl (C=O) groups is 1. The van der Waals surface area contributed by atoms with E-state index < -0.39 is 0 Å². The first-order valence-electron chi connectivity index (χ1n) is 6.04. The summed E-state index contributed by atoms with van der Waals surface area (Å²) in [5, 5.41) is 0.141. The first-order chi connectivity index (χ1) is 7.62. The van der Waals surface area contributed by atoms with Crippen LogP contribution in [-0.4, -0.2) is 35.3 Å². The van der Waals surface area contributed by atoms with Crippen LogP contribution in [0.5, 0.6) is 0 Å². The van der Waals surface area contributed by atoms with Crippen LogP contribution >= 0.6 is 11.8 Å². The lowest BCUT2D eigenvalue weighted by Gasteiger charge is -2.27. The zero-order valence-corrected chi connectivity index (χ0v) is 12.8. The Bertz CT molecular complexity index is 231. The van der Waals surface area contributed by atoms with Crippen LogP contribution < -0.4 is 0 Å². The largest absolute Gasteiger partial charge is 0.376 e. The zero-order valence-electron chi connectivity index (χ0n) is 12.0. The predicted octanol–water partition coefficient (Wildman–Crippen LogP) is 3.27. The molecule has 0 N–H and O–H groups in total. The normalized spacial score (nSPS) is 12.8. The third kappa shape index (κ3) is 12.2. The van der Waals surface area contributed by atoms with Crippen LogP contribution in [0.4, 0.5) is 0 Å². The van der Waals surface area contributed by atoms with Gasteiger partial charge in [0.1, 0.15) is 0 Å². The minimum absolute atomic E-state index is 0.0967. The van der Waals surface area contributed by atoms with Gasteiger partial charge in [-0.15, -0.1) is 0 Å². The van der Waals surface area contributed by atoms with Gasteiger partial charge in [0.2, 0.25) is 0 Å². The van der Waals surface area contributed by atoms with E-state index in [0.29, 0.717) is 13.2 Å². The van der Waals surface area contributed by atoms with E-state index in [4.69, 9.17) is 9.47 Å². The number of hydrogen-bond donors (Lipinski definition) is 0. The monoisotopic (exact) mass is 262 g/mol. The molecule has 0 fully saturated rings. The first-order valence-corrected chi connectivity index (χ1v) is 7.02. The lowest BCUT2D eigenvalue weighted by atomic mass is 10.1. The van der Waals surface area contributed by atoms with Gasteiger partial charge in [0.25, 0.3) is 0 Å². The average molecular weight is 262 g/mol. The molecule has 0 aliphatic heterocycles. The Balaban J connectivity index is 3.69. The molecule has 0 aromatic rings. The number of thioether (sulfide) groups is 1. The van der Waals surface area contributed by atoms with Crippen molar-refractivity contribution < 1.29 is 14.3 Å². The lowest BCUT2D eigenvalue weighted by Crippen LogP contribution is -2.30. The highest BCUT2D eigenvalue weighted by Crippen LogP contribution is 2.17. The predicted molar refractivity (Wildman–Crippen MR) is 73.5 cm³/mol. The van der Waals surface area contributed by atoms with Crippen molar-refractivity contribution in [2.75, 3.05) is 19.0 Å². The maximum Gasteiger partial charge on any atom is 0.185 e. The van der Waals surface area contributed by atoms with Gasteiger partial charge in [0.15, 0.2) is 5.12 Å². The molecule has 0 rings (SSSR count). The van der Waals surface area contributed by atoms with Gasteiger partial charge in [-0.25, -0.2) is 0 Å². The second-order valence-electron chi connectivity index (χ2n) is 5.66. The summed E-state index contributed by atoms with van der Waals surface area (Å²) in [6.07, 6.45) is 0.856. The van der Waals surface area contributed by atoms with Crippen LogP contribution in [0.15, 0.2) is 0 Å². The topological polar surface area (TPSA) is 35.5 Å². The van der Waals surface area contributed by atoms with Crippen LogP contribution in [0.2, 0.25) is 0 Å². The standard InChI is InChI=1S/C13H26O3S/c1-11(14)17-10-9-16-13(5,6)7-8-15-12(2,3)4/h7-10H2,1-6H3. The molecule has 0 heterocycles. The molecule has 0 atom stereocenters. The molecule has 0 saturated heterocycles. The molecule has 0 aromatic heterocycles. The molecular formula is C13H26O3S. The lowest BCUT2D eigenvalue weighted by molar-refractivity contribution is -0.109. The van der Waals surface area contributed by atoms with Gasteiger partial charge < -0.3 is 9.47 Å². The van der Waals surface area contributed by atoms with E-state index in [9.17, 15) is 4.79 Å². The van der Waals surface area contributed by atoms with Gasteiger partial charge in [-0.3, -0.25) is 4.79 Å². The van der Waals surface area contributed by atoms with E-state index in [1.165, 1.54) is 11.8 Å². The van der Waals surface area contributed by atoms with Crippen molar-refractivity contribution in [3.05, 3.63) is 0 Å². The maximum atomic E-state index is 10.7. The van der Waals surface area contributed by atoms with Gasteiger partial charge in [0.05, 0.1) is 17.8 Å². The first kappa shape index (κ1) is 16.9. The van der Waals surface area contributed by atoms with Crippen molar-refractivity contribution in [2.45, 2.75) is 59.2 Å². The van der Waals surface area contributed by atoms with Crippen LogP contribution in [0.3, 0.4) is 0 Å². The van der Waals surface area contributed by atoms with E-state index in [2.05, 4.69) is 13.8 Å². The van der Waals surface area contributed by atoms with E-state index in [1.54, 1.807) is 6.92 Å². The molecule has 0 bridgehead atoms. The van der Waals surface area contributed by atoms with Crippen molar-refractivity contribution in [3.8, 4) is 0 Å². The van der Waals surface area contributed by atoms with Crippen LogP contribution in [0.1, 0.15) is 48.0 Å². The van der Waals surface area contributed by atoms with Crippen LogP contribution in [-0.2, 0) is 14.3 Å². The molecule has 0 saturated carbocycles. The summed E-state index contributed by atoms with van der Waals surface area (Å²) in [5.74, 6) is 0.721. The molecule has 0 amide bonds. The van der Waals surface area contributed by atoms with E-state index in [1.807, 2.05) is 20.8 Å². The van der Waals surface area contributed by atoms with Crippen molar-refractivity contribution in [3.63, 3.8) is 0 Å². The van der Waals surface area contributed by atoms with E-state index in [0.717, 1.165) is 12.2 Å². The number of hydrogen-bond acceptors (Lipinski definition) is 4. The summed E-state index contributed by atoms with van der Waals surface area (Å²) in [6, 6.07) is 0. The second kappa shape index (κ2) is 7.39. The molecule has 4 heteroatoms. The fourth-order valence-corrected chi connectivity index (χ4v) is 1.63. The van der Waals surface area contributed by atoms with Crippen LogP contribution in [0, 0.1) is 0 Å². The quantitative estimate of drug-likeness (QED) is 0.660. The summed E-state index contributed by atoms with van der Waals surface area (Å²) in [4.78, 5) is 10.7. The average Bonchev–Trinajstić information content (AvgIpc) is 2.09. The highest BCUT2D eigenvalue weighted by molar-refractivity contribution is 8.13. The van der Waals surface area contributed by atoms with Crippen LogP contribution in [0.25, 0.3) is 0 Å². The Hall–Kier alpha value is -0.0600. The number of ether oxygens (including phenoxy) is 2. The third-order valence-electron chi connectivity index (χ3n) is 2.12. The maximum absolute atomic E-state index is 10.7. The summed E-state index contributed by atoms with van der Waals surface area (Å²) in [5.41, 5.74) is -0.289. The molecule has 0 spiro atoms. The van der Waals surface area contributed by atoms with Gasteiger partial charge in [0, 0.05) is 19.3 Å². The Labute approximate surface area is 110 Å². The van der Waals surface area contributed by atoms with Gasteiger partial charge >= 0.3 is 0 Å². The molecule has 0 aliphatic rings. The second-order valence-corrected chi connectivity index (χ2v) is 6.93. The van der Waals surface area contributed by atoms with Crippen molar-refractivity contribution in [2.24, 2.45) is 0 Å². The highest BCUT2D eigenvalue weighted by Gasteiger charge is 2.20. The molecule has 17 heavy (non-hydrogen) atoms. The van der Waals surface area contributed by atoms with E-state index in [-0.39, 0.29) is 16.3 Å². The Morgan fingerprint density at radius 1 is 1.06 bits per heavy atom. The highest BCUT2D eigenvalue weighted by atomic mass is 32.2. The SMILES string of the molecule is CC(=O)SCCOC(C)(C)CCOC(C)(C)C. The Morgan fingerprint density at radius 3 is 2.12 bits per heavy atom. The number of carbonyl (C=O) groups excluding carboxylic acids is 1. The fraction of sp³-hybridized carbons (Fsp3) is 0.923. The van der Waals surface area contributed by atoms with Crippen molar-refractivity contribution in [1.29, 1.82) is 0 Å². The van der Waals surface area contributed by atoms with Gasteiger partial charge in [-0.1, -0.05) is 11.8 Å². The number of rotatable bonds is 7. The molecule has 3 nitrogen and oxygen atoms in total. The van der Waals surface area contributed by atoms with E-state index >= 15 is 0 Å². The summed E-state index contributed by atoms with van der Waals surface area (Å²) < 4.78 is 11.4. The molecule has 102 valence electrons. The molecule has 0 radical (unpaired) electrons. The van der Waals surface area contributed by atoms with Crippen molar-refractivity contribution >= 4 is 16.9 Å². The summed E-state index contributed by atoms with van der Waals surface area (Å²) in [7, 11) is 0. The summed E-state index contributed by atoms with van der Waals surface area (Å²) in [6.45, 7) is 13.1. The molecule has 0 unspecified atom stereocenters. The van der Waals surface area contributed by atoms with Gasteiger partial charge in [-0.2, -0.15) is 0 Å². The molecule has 0 aromatic carbocycles. The summed E-state index contributed by atoms with van der Waals surface area (Å²) >= 11 is 1.30. The third-order valence-corrected chi connectivity index (χ3v) is 2.90. The smallest absolute Gasteiger partial charge is 0.185 e.